The first-order valence-corrected chi connectivity index (χ1v) is 9.99. The Labute approximate surface area is 182 Å². The summed E-state index contributed by atoms with van der Waals surface area (Å²) in [7, 11) is 0. The van der Waals surface area contributed by atoms with Crippen molar-refractivity contribution in [3.05, 3.63) is 64.1 Å². The van der Waals surface area contributed by atoms with Crippen LogP contribution in [0.3, 0.4) is 0 Å². The van der Waals surface area contributed by atoms with Crippen LogP contribution in [0.5, 0.6) is 5.75 Å². The number of ether oxygens (including phenoxy) is 1. The minimum Gasteiger partial charge on any atom is -0.492 e. The van der Waals surface area contributed by atoms with Gasteiger partial charge in [0.05, 0.1) is 11.6 Å². The van der Waals surface area contributed by atoms with Gasteiger partial charge in [-0.25, -0.2) is 0 Å². The standard InChI is InChI=1S/C21H24Cl2N2O2.ClH/c22-18-8-9-20(19(23)15-18)27-14-4-7-21(26)25-12-10-24(11-13-25)16-17-5-2-1-3-6-17;/h1-3,5-6,8-9,15H,4,7,10-14,16H2;1H. The number of hydrogen-bond donors (Lipinski definition) is 0. The molecule has 0 unspecified atom stereocenters. The van der Waals surface area contributed by atoms with E-state index in [1.165, 1.54) is 5.56 Å². The molecule has 1 fully saturated rings. The second kappa shape index (κ2) is 11.5. The Morgan fingerprint density at radius 3 is 2.39 bits per heavy atom. The van der Waals surface area contributed by atoms with Crippen molar-refractivity contribution >= 4 is 41.5 Å². The van der Waals surface area contributed by atoms with Crippen molar-refractivity contribution in [3.63, 3.8) is 0 Å². The van der Waals surface area contributed by atoms with E-state index in [0.717, 1.165) is 32.7 Å². The Kier molecular flexibility index (Phi) is 9.39. The number of nitrogens with zero attached hydrogens (tertiary/aromatic N) is 2. The maximum Gasteiger partial charge on any atom is 0.222 e. The largest absolute Gasteiger partial charge is 0.492 e. The van der Waals surface area contributed by atoms with Crippen molar-refractivity contribution in [2.45, 2.75) is 19.4 Å². The monoisotopic (exact) mass is 442 g/mol. The summed E-state index contributed by atoms with van der Waals surface area (Å²) in [5.74, 6) is 0.795. The van der Waals surface area contributed by atoms with Crippen LogP contribution in [0, 0.1) is 0 Å². The molecule has 28 heavy (non-hydrogen) atoms. The van der Waals surface area contributed by atoms with Gasteiger partial charge in [-0.15, -0.1) is 12.4 Å². The van der Waals surface area contributed by atoms with Crippen LogP contribution in [0.25, 0.3) is 0 Å². The van der Waals surface area contributed by atoms with Crippen molar-refractivity contribution in [1.82, 2.24) is 9.80 Å². The lowest BCUT2D eigenvalue weighted by molar-refractivity contribution is -0.133. The quantitative estimate of drug-likeness (QED) is 0.570. The van der Waals surface area contributed by atoms with Crippen LogP contribution < -0.4 is 4.74 Å². The molecule has 4 nitrogen and oxygen atoms in total. The van der Waals surface area contributed by atoms with Gasteiger partial charge in [0.1, 0.15) is 5.75 Å². The second-order valence-electron chi connectivity index (χ2n) is 6.67. The molecule has 0 aromatic heterocycles. The molecule has 0 atom stereocenters. The summed E-state index contributed by atoms with van der Waals surface area (Å²) >= 11 is 11.9. The molecule has 0 aliphatic carbocycles. The summed E-state index contributed by atoms with van der Waals surface area (Å²) in [6, 6.07) is 15.6. The SMILES string of the molecule is Cl.O=C(CCCOc1ccc(Cl)cc1Cl)N1CCN(Cc2ccccc2)CC1. The van der Waals surface area contributed by atoms with Gasteiger partial charge in [-0.3, -0.25) is 9.69 Å². The van der Waals surface area contributed by atoms with Crippen LogP contribution in [0.15, 0.2) is 48.5 Å². The maximum absolute atomic E-state index is 12.4. The Hall–Kier alpha value is -1.46. The molecule has 1 aliphatic rings. The number of benzene rings is 2. The van der Waals surface area contributed by atoms with Crippen molar-refractivity contribution in [2.75, 3.05) is 32.8 Å². The molecule has 0 spiro atoms. The topological polar surface area (TPSA) is 32.8 Å². The van der Waals surface area contributed by atoms with Gasteiger partial charge in [0.2, 0.25) is 5.91 Å². The van der Waals surface area contributed by atoms with E-state index in [1.54, 1.807) is 18.2 Å². The van der Waals surface area contributed by atoms with Crippen LogP contribution in [0.1, 0.15) is 18.4 Å². The first kappa shape index (κ1) is 22.8. The highest BCUT2D eigenvalue weighted by Crippen LogP contribution is 2.27. The highest BCUT2D eigenvalue weighted by molar-refractivity contribution is 6.35. The minimum absolute atomic E-state index is 0. The Morgan fingerprint density at radius 1 is 1.00 bits per heavy atom. The average Bonchev–Trinajstić information content (AvgIpc) is 2.68. The lowest BCUT2D eigenvalue weighted by Gasteiger charge is -2.34. The molecular formula is C21H25Cl3N2O2. The van der Waals surface area contributed by atoms with Crippen LogP contribution >= 0.6 is 35.6 Å². The van der Waals surface area contributed by atoms with Gasteiger partial charge in [0, 0.05) is 44.2 Å². The summed E-state index contributed by atoms with van der Waals surface area (Å²) in [4.78, 5) is 16.7. The van der Waals surface area contributed by atoms with E-state index in [2.05, 4.69) is 29.2 Å². The molecule has 1 heterocycles. The molecule has 0 saturated carbocycles. The molecule has 1 aliphatic heterocycles. The number of carbonyl (C=O) groups excluding carboxylic acids is 1. The van der Waals surface area contributed by atoms with E-state index in [-0.39, 0.29) is 18.3 Å². The number of hydrogen-bond acceptors (Lipinski definition) is 3. The fraction of sp³-hybridized carbons (Fsp3) is 0.381. The van der Waals surface area contributed by atoms with Crippen LogP contribution in [-0.2, 0) is 11.3 Å². The molecule has 1 amide bonds. The van der Waals surface area contributed by atoms with Gasteiger partial charge >= 0.3 is 0 Å². The number of rotatable bonds is 7. The molecular weight excluding hydrogens is 419 g/mol. The molecule has 2 aromatic carbocycles. The Morgan fingerprint density at radius 2 is 1.71 bits per heavy atom. The molecule has 7 heteroatoms. The Balaban J connectivity index is 0.00000280. The summed E-state index contributed by atoms with van der Waals surface area (Å²) in [6.45, 7) is 4.81. The predicted molar refractivity (Wildman–Crippen MR) is 117 cm³/mol. The summed E-state index contributed by atoms with van der Waals surface area (Å²) in [6.07, 6.45) is 1.16. The molecule has 0 bridgehead atoms. The van der Waals surface area contributed by atoms with Crippen molar-refractivity contribution in [2.24, 2.45) is 0 Å². The first-order valence-electron chi connectivity index (χ1n) is 9.24. The lowest BCUT2D eigenvalue weighted by atomic mass is 10.2. The predicted octanol–water partition coefficient (Wildman–Crippen LogP) is 4.92. The summed E-state index contributed by atoms with van der Waals surface area (Å²) in [5, 5.41) is 1.07. The summed E-state index contributed by atoms with van der Waals surface area (Å²) < 4.78 is 5.64. The van der Waals surface area contributed by atoms with Crippen molar-refractivity contribution in [3.8, 4) is 5.75 Å². The zero-order valence-electron chi connectivity index (χ0n) is 15.7. The Bertz CT molecular complexity index is 751. The summed E-state index contributed by atoms with van der Waals surface area (Å²) in [5.41, 5.74) is 1.32. The van der Waals surface area contributed by atoms with Gasteiger partial charge in [-0.05, 0) is 30.2 Å². The number of piperazine rings is 1. The van der Waals surface area contributed by atoms with Crippen LogP contribution in [-0.4, -0.2) is 48.5 Å². The average molecular weight is 444 g/mol. The smallest absolute Gasteiger partial charge is 0.222 e. The van der Waals surface area contributed by atoms with Gasteiger partial charge in [0.25, 0.3) is 0 Å². The van der Waals surface area contributed by atoms with E-state index in [9.17, 15) is 4.79 Å². The van der Waals surface area contributed by atoms with E-state index in [0.29, 0.717) is 35.2 Å². The second-order valence-corrected chi connectivity index (χ2v) is 7.51. The van der Waals surface area contributed by atoms with Crippen LogP contribution in [0.4, 0.5) is 0 Å². The van der Waals surface area contributed by atoms with Gasteiger partial charge in [0.15, 0.2) is 0 Å². The third-order valence-corrected chi connectivity index (χ3v) is 5.19. The zero-order chi connectivity index (χ0) is 19.1. The zero-order valence-corrected chi connectivity index (χ0v) is 18.0. The van der Waals surface area contributed by atoms with Gasteiger partial charge in [-0.2, -0.15) is 0 Å². The van der Waals surface area contributed by atoms with E-state index < -0.39 is 0 Å². The molecule has 152 valence electrons. The van der Waals surface area contributed by atoms with E-state index >= 15 is 0 Å². The third kappa shape index (κ3) is 6.85. The minimum atomic E-state index is 0. The van der Waals surface area contributed by atoms with Gasteiger partial charge in [-0.1, -0.05) is 53.5 Å². The highest BCUT2D eigenvalue weighted by atomic mass is 35.5. The first-order chi connectivity index (χ1) is 13.1. The number of amides is 1. The molecule has 3 rings (SSSR count). The fourth-order valence-electron chi connectivity index (χ4n) is 3.15. The molecule has 0 radical (unpaired) electrons. The van der Waals surface area contributed by atoms with Crippen LogP contribution in [0.2, 0.25) is 10.0 Å². The maximum atomic E-state index is 12.4. The van der Waals surface area contributed by atoms with Gasteiger partial charge < -0.3 is 9.64 Å². The molecule has 2 aromatic rings. The molecule has 0 N–H and O–H groups in total. The van der Waals surface area contributed by atoms with Crippen molar-refractivity contribution in [1.29, 1.82) is 0 Å². The fourth-order valence-corrected chi connectivity index (χ4v) is 3.62. The van der Waals surface area contributed by atoms with E-state index in [1.807, 2.05) is 11.0 Å². The van der Waals surface area contributed by atoms with Crippen molar-refractivity contribution < 1.29 is 9.53 Å². The number of halogens is 3. The highest BCUT2D eigenvalue weighted by Gasteiger charge is 2.20. The normalized spacial score (nSPS) is 14.4. The molecule has 1 saturated heterocycles. The third-order valence-electron chi connectivity index (χ3n) is 4.66. The lowest BCUT2D eigenvalue weighted by Crippen LogP contribution is -2.48. The van der Waals surface area contributed by atoms with E-state index in [4.69, 9.17) is 27.9 Å². The number of carbonyl (C=O) groups is 1.